The van der Waals surface area contributed by atoms with E-state index in [-0.39, 0.29) is 11.9 Å². The van der Waals surface area contributed by atoms with Crippen LogP contribution in [0.15, 0.2) is 54.9 Å². The van der Waals surface area contributed by atoms with E-state index in [1.54, 1.807) is 49.1 Å². The molecule has 0 radical (unpaired) electrons. The Labute approximate surface area is 145 Å². The highest BCUT2D eigenvalue weighted by Crippen LogP contribution is 2.12. The summed E-state index contributed by atoms with van der Waals surface area (Å²) in [6.45, 7) is 0.357. The fourth-order valence-corrected chi connectivity index (χ4v) is 2.40. The van der Waals surface area contributed by atoms with Crippen molar-refractivity contribution in [2.24, 2.45) is 0 Å². The number of fused-ring (bicyclic) bond motifs is 1. The van der Waals surface area contributed by atoms with Crippen molar-refractivity contribution in [1.82, 2.24) is 19.6 Å². The van der Waals surface area contributed by atoms with Crippen LogP contribution in [0.1, 0.15) is 16.1 Å². The number of nitrogens with one attached hydrogen (secondary N) is 2. The van der Waals surface area contributed by atoms with Crippen LogP contribution in [0.3, 0.4) is 0 Å². The van der Waals surface area contributed by atoms with E-state index < -0.39 is 0 Å². The third-order valence-electron chi connectivity index (χ3n) is 3.70. The van der Waals surface area contributed by atoms with Crippen molar-refractivity contribution in [2.75, 3.05) is 19.4 Å². The van der Waals surface area contributed by atoms with Crippen molar-refractivity contribution in [3.8, 4) is 0 Å². The van der Waals surface area contributed by atoms with Crippen molar-refractivity contribution in [2.45, 2.75) is 6.54 Å². The van der Waals surface area contributed by atoms with Crippen molar-refractivity contribution in [3.05, 3.63) is 66.1 Å². The van der Waals surface area contributed by atoms with Crippen LogP contribution in [0.2, 0.25) is 0 Å². The van der Waals surface area contributed by atoms with E-state index in [4.69, 9.17) is 0 Å². The molecule has 0 saturated carbocycles. The molecule has 0 aliphatic carbocycles. The van der Waals surface area contributed by atoms with Gasteiger partial charge in [-0.25, -0.2) is 9.78 Å². The minimum Gasteiger partial charge on any atom is -0.347 e. The van der Waals surface area contributed by atoms with E-state index in [2.05, 4.69) is 15.6 Å². The number of carbonyl (C=O) groups is 2. The lowest BCUT2D eigenvalue weighted by Gasteiger charge is -2.13. The number of amides is 3. The number of rotatable bonds is 4. The maximum Gasteiger partial charge on any atom is 0.321 e. The van der Waals surface area contributed by atoms with Gasteiger partial charge in [0.25, 0.3) is 5.91 Å². The summed E-state index contributed by atoms with van der Waals surface area (Å²) in [6.07, 6.45) is 3.41. The Morgan fingerprint density at radius 3 is 2.76 bits per heavy atom. The van der Waals surface area contributed by atoms with Gasteiger partial charge in [-0.15, -0.1) is 0 Å². The number of anilines is 1. The second-order valence-electron chi connectivity index (χ2n) is 5.77. The number of nitrogens with zero attached hydrogens (tertiary/aromatic N) is 3. The van der Waals surface area contributed by atoms with Gasteiger partial charge in [0.1, 0.15) is 11.3 Å². The average molecular weight is 337 g/mol. The summed E-state index contributed by atoms with van der Waals surface area (Å²) in [5.74, 6) is -0.189. The van der Waals surface area contributed by atoms with Gasteiger partial charge in [-0.1, -0.05) is 18.2 Å². The standard InChI is InChI=1S/C18H19N5O2/c1-22(2)18(25)21-14-6-3-5-13(11-14)12-20-17(24)15-7-4-8-16-19-9-10-23(15)16/h3-11H,12H2,1-2H3,(H,20,24)(H,21,25). The highest BCUT2D eigenvalue weighted by Gasteiger charge is 2.10. The lowest BCUT2D eigenvalue weighted by molar-refractivity contribution is 0.0944. The van der Waals surface area contributed by atoms with Crippen LogP contribution in [0.5, 0.6) is 0 Å². The molecule has 0 spiro atoms. The fourth-order valence-electron chi connectivity index (χ4n) is 2.40. The Hall–Kier alpha value is -3.35. The molecule has 0 fully saturated rings. The zero-order valence-corrected chi connectivity index (χ0v) is 14.1. The van der Waals surface area contributed by atoms with E-state index in [0.717, 1.165) is 11.2 Å². The normalized spacial score (nSPS) is 10.5. The summed E-state index contributed by atoms with van der Waals surface area (Å²) in [6, 6.07) is 12.6. The summed E-state index contributed by atoms with van der Waals surface area (Å²) in [5, 5.41) is 5.67. The lowest BCUT2D eigenvalue weighted by Crippen LogP contribution is -2.27. The summed E-state index contributed by atoms with van der Waals surface area (Å²) >= 11 is 0. The zero-order valence-electron chi connectivity index (χ0n) is 14.1. The molecule has 0 saturated heterocycles. The second kappa shape index (κ2) is 7.04. The monoisotopic (exact) mass is 337 g/mol. The average Bonchev–Trinajstić information content (AvgIpc) is 3.08. The molecule has 128 valence electrons. The molecule has 2 N–H and O–H groups in total. The third kappa shape index (κ3) is 3.77. The molecule has 0 atom stereocenters. The molecule has 7 nitrogen and oxygen atoms in total. The molecule has 0 bridgehead atoms. The highest BCUT2D eigenvalue weighted by molar-refractivity contribution is 5.93. The first-order chi connectivity index (χ1) is 12.0. The van der Waals surface area contributed by atoms with Crippen LogP contribution in [-0.2, 0) is 6.54 Å². The van der Waals surface area contributed by atoms with E-state index in [1.807, 2.05) is 24.3 Å². The summed E-state index contributed by atoms with van der Waals surface area (Å²) < 4.78 is 1.74. The number of hydrogen-bond donors (Lipinski definition) is 2. The molecule has 2 heterocycles. The Balaban J connectivity index is 1.68. The summed E-state index contributed by atoms with van der Waals surface area (Å²) in [5.41, 5.74) is 2.82. The Kier molecular flexibility index (Phi) is 4.65. The largest absolute Gasteiger partial charge is 0.347 e. The molecule has 25 heavy (non-hydrogen) atoms. The third-order valence-corrected chi connectivity index (χ3v) is 3.70. The molecule has 2 aromatic heterocycles. The molecule has 0 aliphatic rings. The van der Waals surface area contributed by atoms with Gasteiger partial charge in [0, 0.05) is 38.7 Å². The number of pyridine rings is 1. The SMILES string of the molecule is CN(C)C(=O)Nc1cccc(CNC(=O)c2cccc3nccn23)c1. The molecule has 0 unspecified atom stereocenters. The van der Waals surface area contributed by atoms with Gasteiger partial charge >= 0.3 is 6.03 Å². The predicted molar refractivity (Wildman–Crippen MR) is 95.5 cm³/mol. The topological polar surface area (TPSA) is 78.7 Å². The summed E-state index contributed by atoms with van der Waals surface area (Å²) in [7, 11) is 3.35. The molecule has 1 aromatic carbocycles. The Morgan fingerprint density at radius 1 is 1.16 bits per heavy atom. The van der Waals surface area contributed by atoms with Crippen LogP contribution < -0.4 is 10.6 Å². The lowest BCUT2D eigenvalue weighted by atomic mass is 10.2. The van der Waals surface area contributed by atoms with Gasteiger partial charge in [0.2, 0.25) is 0 Å². The number of imidazole rings is 1. The summed E-state index contributed by atoms with van der Waals surface area (Å²) in [4.78, 5) is 29.8. The van der Waals surface area contributed by atoms with Crippen LogP contribution in [0.25, 0.3) is 5.65 Å². The number of hydrogen-bond acceptors (Lipinski definition) is 3. The van der Waals surface area contributed by atoms with E-state index >= 15 is 0 Å². The Bertz CT molecular complexity index is 916. The molecule has 3 rings (SSSR count). The minimum absolute atomic E-state index is 0.189. The van der Waals surface area contributed by atoms with Crippen LogP contribution >= 0.6 is 0 Å². The molecule has 0 aliphatic heterocycles. The maximum absolute atomic E-state index is 12.4. The fraction of sp³-hybridized carbons (Fsp3) is 0.167. The molecule has 3 aromatic rings. The van der Waals surface area contributed by atoms with Gasteiger partial charge in [-0.05, 0) is 29.8 Å². The zero-order chi connectivity index (χ0) is 17.8. The van der Waals surface area contributed by atoms with Crippen LogP contribution in [0.4, 0.5) is 10.5 Å². The van der Waals surface area contributed by atoms with Crippen LogP contribution in [-0.4, -0.2) is 40.3 Å². The highest BCUT2D eigenvalue weighted by atomic mass is 16.2. The van der Waals surface area contributed by atoms with Gasteiger partial charge in [-0.3, -0.25) is 9.20 Å². The number of carbonyl (C=O) groups excluding carboxylic acids is 2. The minimum atomic E-state index is -0.201. The van der Waals surface area contributed by atoms with Crippen molar-refractivity contribution >= 4 is 23.3 Å². The van der Waals surface area contributed by atoms with Crippen molar-refractivity contribution in [3.63, 3.8) is 0 Å². The van der Waals surface area contributed by atoms with Gasteiger partial charge < -0.3 is 15.5 Å². The van der Waals surface area contributed by atoms with E-state index in [1.165, 1.54) is 4.90 Å². The number of urea groups is 1. The predicted octanol–water partition coefficient (Wildman–Crippen LogP) is 2.36. The molecule has 3 amide bonds. The quantitative estimate of drug-likeness (QED) is 0.767. The van der Waals surface area contributed by atoms with E-state index in [0.29, 0.717) is 17.9 Å². The molecular formula is C18H19N5O2. The molecular weight excluding hydrogens is 318 g/mol. The molecule has 7 heteroatoms. The first-order valence-corrected chi connectivity index (χ1v) is 7.82. The number of benzene rings is 1. The Morgan fingerprint density at radius 2 is 1.96 bits per heavy atom. The first kappa shape index (κ1) is 16.5. The second-order valence-corrected chi connectivity index (χ2v) is 5.77. The van der Waals surface area contributed by atoms with Crippen LogP contribution in [0, 0.1) is 0 Å². The smallest absolute Gasteiger partial charge is 0.321 e. The van der Waals surface area contributed by atoms with Crippen molar-refractivity contribution < 1.29 is 9.59 Å². The number of aromatic nitrogens is 2. The van der Waals surface area contributed by atoms with E-state index in [9.17, 15) is 9.59 Å². The van der Waals surface area contributed by atoms with Gasteiger partial charge in [-0.2, -0.15) is 0 Å². The van der Waals surface area contributed by atoms with Crippen molar-refractivity contribution in [1.29, 1.82) is 0 Å². The first-order valence-electron chi connectivity index (χ1n) is 7.82. The van der Waals surface area contributed by atoms with Gasteiger partial charge in [0.15, 0.2) is 0 Å². The maximum atomic E-state index is 12.4. The van der Waals surface area contributed by atoms with Gasteiger partial charge in [0.05, 0.1) is 0 Å².